The summed E-state index contributed by atoms with van der Waals surface area (Å²) in [5.74, 6) is 0. The van der Waals surface area contributed by atoms with E-state index in [1.807, 2.05) is 0 Å². The zero-order valence-corrected chi connectivity index (χ0v) is 32.8. The van der Waals surface area contributed by atoms with E-state index in [4.69, 9.17) is 0 Å². The molecule has 11 aromatic rings. The molecule has 57 heavy (non-hydrogen) atoms. The normalized spacial score (nSPS) is 11.5. The Bertz CT molecular complexity index is 3200. The summed E-state index contributed by atoms with van der Waals surface area (Å²) in [6.07, 6.45) is 0. The maximum Gasteiger partial charge on any atom is -0.0544 e. The van der Waals surface area contributed by atoms with E-state index in [-0.39, 0.29) is 0 Å². The van der Waals surface area contributed by atoms with Gasteiger partial charge in [-0.2, -0.15) is 0 Å². The number of benzene rings is 9. The fourth-order valence-corrected chi connectivity index (χ4v) is 10.8. The van der Waals surface area contributed by atoms with Gasteiger partial charge in [-0.05, 0) is 35.4 Å². The third-order valence-corrected chi connectivity index (χ3v) is 13.6. The molecule has 268 valence electrons. The Labute approximate surface area is 337 Å². The standard InChI is InChI=1S/C54H36N2Se/c1-3-11-37(12-4-1)38-19-27-44(28-20-38)55(46-31-23-40(24-32-46)42-26-34-50-49-16-8-10-18-53(49)57-54(50)36-42)45-29-21-39(22-30-45)41-25-33-48-47-15-7-9-17-51(47)56(52(48)35-41)43-13-5-2-6-14-43/h1-36H. The summed E-state index contributed by atoms with van der Waals surface area (Å²) >= 11 is 0.336. The monoisotopic (exact) mass is 792 g/mol. The van der Waals surface area contributed by atoms with Crippen LogP contribution in [0.15, 0.2) is 218 Å². The molecule has 0 saturated heterocycles. The molecule has 0 aliphatic carbocycles. The van der Waals surface area contributed by atoms with E-state index in [0.29, 0.717) is 14.5 Å². The molecule has 0 aliphatic rings. The summed E-state index contributed by atoms with van der Waals surface area (Å²) in [4.78, 5) is 2.36. The summed E-state index contributed by atoms with van der Waals surface area (Å²) in [6.45, 7) is 0. The molecule has 2 aromatic heterocycles. The van der Waals surface area contributed by atoms with E-state index in [1.165, 1.54) is 80.2 Å². The number of aromatic nitrogens is 1. The van der Waals surface area contributed by atoms with Crippen molar-refractivity contribution in [2.45, 2.75) is 0 Å². The minimum Gasteiger partial charge on any atom is -0.0617 e. The van der Waals surface area contributed by atoms with E-state index < -0.39 is 0 Å². The van der Waals surface area contributed by atoms with Gasteiger partial charge in [0.05, 0.1) is 11.0 Å². The summed E-state index contributed by atoms with van der Waals surface area (Å²) in [5.41, 5.74) is 14.2. The Kier molecular flexibility index (Phi) is 8.21. The van der Waals surface area contributed by atoms with Crippen LogP contribution in [0.25, 0.3) is 80.2 Å². The van der Waals surface area contributed by atoms with Crippen molar-refractivity contribution in [3.63, 3.8) is 0 Å². The third-order valence-electron chi connectivity index (χ3n) is 11.2. The van der Waals surface area contributed by atoms with Crippen molar-refractivity contribution in [2.24, 2.45) is 0 Å². The molecule has 0 fully saturated rings. The third kappa shape index (κ3) is 5.97. The van der Waals surface area contributed by atoms with Crippen molar-refractivity contribution < 1.29 is 0 Å². The van der Waals surface area contributed by atoms with Gasteiger partial charge in [0.2, 0.25) is 0 Å². The number of fused-ring (bicyclic) bond motifs is 6. The van der Waals surface area contributed by atoms with Crippen molar-refractivity contribution in [1.82, 2.24) is 4.57 Å². The second kappa shape index (κ2) is 14.0. The summed E-state index contributed by atoms with van der Waals surface area (Å²) in [5, 5.41) is 5.30. The van der Waals surface area contributed by atoms with Crippen LogP contribution in [0.1, 0.15) is 0 Å². The summed E-state index contributed by atoms with van der Waals surface area (Å²) in [6, 6.07) is 79.7. The maximum absolute atomic E-state index is 2.40. The summed E-state index contributed by atoms with van der Waals surface area (Å²) < 4.78 is 5.32. The zero-order chi connectivity index (χ0) is 37.7. The molecular weight excluding hydrogens is 756 g/mol. The van der Waals surface area contributed by atoms with Crippen LogP contribution in [-0.2, 0) is 0 Å². The SMILES string of the molecule is c1ccc(-c2ccc(N(c3ccc(-c4ccc5c(c4)[se]c4ccccc45)cc3)c3ccc(-c4ccc5c6ccccc6n(-c6ccccc6)c5c4)cc3)cc2)cc1. The molecule has 11 rings (SSSR count). The molecule has 0 aliphatic heterocycles. The van der Waals surface area contributed by atoms with Crippen LogP contribution in [0.4, 0.5) is 17.1 Å². The molecule has 9 aromatic carbocycles. The number of nitrogens with zero attached hydrogens (tertiary/aromatic N) is 2. The Morgan fingerprint density at radius 1 is 0.298 bits per heavy atom. The Balaban J connectivity index is 0.973. The smallest absolute Gasteiger partial charge is 0.0544 e. The fraction of sp³-hybridized carbons (Fsp3) is 0. The van der Waals surface area contributed by atoms with Crippen LogP contribution in [0.5, 0.6) is 0 Å². The molecule has 0 amide bonds. The molecule has 2 nitrogen and oxygen atoms in total. The molecule has 0 radical (unpaired) electrons. The van der Waals surface area contributed by atoms with Crippen molar-refractivity contribution in [1.29, 1.82) is 0 Å². The number of hydrogen-bond donors (Lipinski definition) is 0. The van der Waals surface area contributed by atoms with Crippen molar-refractivity contribution in [3.8, 4) is 39.1 Å². The number of para-hydroxylation sites is 2. The van der Waals surface area contributed by atoms with Crippen molar-refractivity contribution in [3.05, 3.63) is 218 Å². The molecular formula is C54H36N2Se. The minimum atomic E-state index is 0.336. The second-order valence-electron chi connectivity index (χ2n) is 14.6. The van der Waals surface area contributed by atoms with Crippen LogP contribution in [0, 0.1) is 0 Å². The van der Waals surface area contributed by atoms with Crippen molar-refractivity contribution in [2.75, 3.05) is 4.90 Å². The number of anilines is 3. The molecule has 0 saturated carbocycles. The number of rotatable bonds is 7. The average Bonchev–Trinajstić information content (AvgIpc) is 3.83. The van der Waals surface area contributed by atoms with Gasteiger partial charge in [-0.3, -0.25) is 0 Å². The van der Waals surface area contributed by atoms with Crippen LogP contribution < -0.4 is 4.90 Å². The average molecular weight is 792 g/mol. The molecule has 0 unspecified atom stereocenters. The Morgan fingerprint density at radius 3 is 1.39 bits per heavy atom. The van der Waals surface area contributed by atoms with Gasteiger partial charge in [0.15, 0.2) is 0 Å². The fourth-order valence-electron chi connectivity index (χ4n) is 8.40. The van der Waals surface area contributed by atoms with E-state index in [2.05, 4.69) is 228 Å². The topological polar surface area (TPSA) is 8.17 Å². The van der Waals surface area contributed by atoms with Gasteiger partial charge in [-0.1, -0.05) is 78.9 Å². The Morgan fingerprint density at radius 2 is 0.737 bits per heavy atom. The van der Waals surface area contributed by atoms with Gasteiger partial charge < -0.3 is 4.57 Å². The first-order valence-electron chi connectivity index (χ1n) is 19.4. The molecule has 3 heteroatoms. The zero-order valence-electron chi connectivity index (χ0n) is 31.1. The molecule has 0 N–H and O–H groups in total. The van der Waals surface area contributed by atoms with E-state index in [9.17, 15) is 0 Å². The molecule has 0 atom stereocenters. The van der Waals surface area contributed by atoms with Crippen LogP contribution in [0.2, 0.25) is 0 Å². The van der Waals surface area contributed by atoms with Crippen molar-refractivity contribution >= 4 is 72.7 Å². The quantitative estimate of drug-likeness (QED) is 0.146. The first-order chi connectivity index (χ1) is 28.2. The first kappa shape index (κ1) is 33.4. The van der Waals surface area contributed by atoms with Gasteiger partial charge in [-0.25, -0.2) is 0 Å². The first-order valence-corrected chi connectivity index (χ1v) is 21.1. The minimum absolute atomic E-state index is 0.336. The van der Waals surface area contributed by atoms with E-state index in [1.54, 1.807) is 0 Å². The van der Waals surface area contributed by atoms with Crippen LogP contribution in [0.3, 0.4) is 0 Å². The van der Waals surface area contributed by atoms with Crippen LogP contribution >= 0.6 is 0 Å². The molecule has 2 heterocycles. The predicted molar refractivity (Wildman–Crippen MR) is 244 cm³/mol. The van der Waals surface area contributed by atoms with E-state index in [0.717, 1.165) is 17.1 Å². The predicted octanol–water partition coefficient (Wildman–Crippen LogP) is 14.6. The van der Waals surface area contributed by atoms with E-state index >= 15 is 0 Å². The number of hydrogen-bond acceptors (Lipinski definition) is 1. The van der Waals surface area contributed by atoms with Gasteiger partial charge >= 0.3 is 193 Å². The van der Waals surface area contributed by atoms with Crippen LogP contribution in [-0.4, -0.2) is 19.1 Å². The van der Waals surface area contributed by atoms with Gasteiger partial charge in [0, 0.05) is 16.5 Å². The molecule has 0 spiro atoms. The largest absolute Gasteiger partial charge is 0.0617 e. The summed E-state index contributed by atoms with van der Waals surface area (Å²) in [7, 11) is 0. The molecule has 0 bridgehead atoms. The second-order valence-corrected chi connectivity index (χ2v) is 16.8. The van der Waals surface area contributed by atoms with Gasteiger partial charge in [0.25, 0.3) is 0 Å². The van der Waals surface area contributed by atoms with Gasteiger partial charge in [-0.15, -0.1) is 0 Å². The Hall–Kier alpha value is -6.90. The maximum atomic E-state index is 2.40. The van der Waals surface area contributed by atoms with Gasteiger partial charge in [0.1, 0.15) is 0 Å².